The summed E-state index contributed by atoms with van der Waals surface area (Å²) in [5.41, 5.74) is 5.90. The Labute approximate surface area is 55.6 Å². The molecule has 1 heterocycles. The van der Waals surface area contributed by atoms with Gasteiger partial charge in [-0.1, -0.05) is 0 Å². The zero-order chi connectivity index (χ0) is 6.85. The second-order valence-corrected chi connectivity index (χ2v) is 2.17. The number of rotatable bonds is 1. The van der Waals surface area contributed by atoms with Crippen molar-refractivity contribution in [1.82, 2.24) is 16.1 Å². The first-order valence-corrected chi connectivity index (χ1v) is 2.85. The molecule has 5 heteroatoms. The van der Waals surface area contributed by atoms with Crippen LogP contribution < -0.4 is 11.0 Å². The van der Waals surface area contributed by atoms with E-state index in [4.69, 9.17) is 7.85 Å². The molecule has 4 nitrogen and oxygen atoms in total. The minimum atomic E-state index is 0.342. The molecule has 0 saturated carbocycles. The SMILES string of the molecule is [B]C1=NNN(C(C)C)N1. The van der Waals surface area contributed by atoms with Gasteiger partial charge in [0.15, 0.2) is 7.85 Å². The van der Waals surface area contributed by atoms with E-state index in [-0.39, 0.29) is 0 Å². The summed E-state index contributed by atoms with van der Waals surface area (Å²) in [5.74, 6) is 0. The van der Waals surface area contributed by atoms with Crippen molar-refractivity contribution in [3.05, 3.63) is 0 Å². The maximum atomic E-state index is 5.30. The normalized spacial score (nSPS) is 19.2. The van der Waals surface area contributed by atoms with E-state index in [1.54, 1.807) is 5.12 Å². The van der Waals surface area contributed by atoms with Crippen LogP contribution in [0.4, 0.5) is 0 Å². The van der Waals surface area contributed by atoms with Crippen LogP contribution in [0.1, 0.15) is 13.8 Å². The summed E-state index contributed by atoms with van der Waals surface area (Å²) in [4.78, 5) is 0. The van der Waals surface area contributed by atoms with E-state index in [1.165, 1.54) is 0 Å². The summed E-state index contributed by atoms with van der Waals surface area (Å²) in [7, 11) is 5.30. The van der Waals surface area contributed by atoms with Gasteiger partial charge >= 0.3 is 0 Å². The van der Waals surface area contributed by atoms with Gasteiger partial charge in [0.25, 0.3) is 0 Å². The topological polar surface area (TPSA) is 39.7 Å². The molecule has 0 aromatic rings. The van der Waals surface area contributed by atoms with Crippen molar-refractivity contribution in [3.63, 3.8) is 0 Å². The molecule has 1 rings (SSSR count). The van der Waals surface area contributed by atoms with Gasteiger partial charge in [-0.2, -0.15) is 5.10 Å². The Morgan fingerprint density at radius 2 is 2.33 bits per heavy atom. The highest BCUT2D eigenvalue weighted by Gasteiger charge is 2.12. The van der Waals surface area contributed by atoms with Gasteiger partial charge in [0, 0.05) is 6.04 Å². The lowest BCUT2D eigenvalue weighted by Gasteiger charge is -2.18. The summed E-state index contributed by atoms with van der Waals surface area (Å²) in [6.07, 6.45) is 0. The largest absolute Gasteiger partial charge is 0.296 e. The minimum absolute atomic E-state index is 0.342. The number of nitrogens with one attached hydrogen (secondary N) is 2. The van der Waals surface area contributed by atoms with Crippen LogP contribution in [0.3, 0.4) is 0 Å². The first-order chi connectivity index (χ1) is 4.20. The molecule has 0 spiro atoms. The van der Waals surface area contributed by atoms with Crippen LogP contribution in [0.25, 0.3) is 0 Å². The molecule has 48 valence electrons. The van der Waals surface area contributed by atoms with E-state index < -0.39 is 0 Å². The summed E-state index contributed by atoms with van der Waals surface area (Å²) in [5, 5.41) is 5.42. The molecular weight excluding hydrogens is 115 g/mol. The molecule has 2 N–H and O–H groups in total. The Bertz CT molecular complexity index is 133. The Hall–Kier alpha value is -0.705. The van der Waals surface area contributed by atoms with Gasteiger partial charge in [0.2, 0.25) is 0 Å². The van der Waals surface area contributed by atoms with Crippen LogP contribution in [0, 0.1) is 0 Å². The second kappa shape index (κ2) is 2.27. The molecule has 0 bridgehead atoms. The fourth-order valence-corrected chi connectivity index (χ4v) is 0.526. The van der Waals surface area contributed by atoms with E-state index in [1.807, 2.05) is 13.8 Å². The van der Waals surface area contributed by atoms with Crippen LogP contribution in [-0.2, 0) is 0 Å². The van der Waals surface area contributed by atoms with Crippen LogP contribution >= 0.6 is 0 Å². The van der Waals surface area contributed by atoms with Gasteiger partial charge < -0.3 is 0 Å². The van der Waals surface area contributed by atoms with Gasteiger partial charge in [-0.15, -0.1) is 5.12 Å². The van der Waals surface area contributed by atoms with E-state index in [9.17, 15) is 0 Å². The molecule has 0 fully saturated rings. The van der Waals surface area contributed by atoms with Crippen LogP contribution in [0.15, 0.2) is 5.10 Å². The number of amidine groups is 1. The number of hydrogen-bond donors (Lipinski definition) is 2. The molecule has 0 aliphatic carbocycles. The average molecular weight is 124 g/mol. The summed E-state index contributed by atoms with van der Waals surface area (Å²) >= 11 is 0. The predicted molar refractivity (Wildman–Crippen MR) is 36.4 cm³/mol. The third kappa shape index (κ3) is 1.35. The summed E-state index contributed by atoms with van der Waals surface area (Å²) < 4.78 is 0. The van der Waals surface area contributed by atoms with Gasteiger partial charge in [-0.3, -0.25) is 5.43 Å². The van der Waals surface area contributed by atoms with Crippen molar-refractivity contribution in [2.75, 3.05) is 0 Å². The van der Waals surface area contributed by atoms with Gasteiger partial charge in [0.05, 0.1) is 5.73 Å². The van der Waals surface area contributed by atoms with Crippen molar-refractivity contribution >= 4 is 13.6 Å². The highest BCUT2D eigenvalue weighted by molar-refractivity contribution is 6.58. The number of nitrogens with zero attached hydrogens (tertiary/aromatic N) is 2. The predicted octanol–water partition coefficient (Wildman–Crippen LogP) is -0.841. The van der Waals surface area contributed by atoms with Crippen LogP contribution in [0.2, 0.25) is 0 Å². The third-order valence-electron chi connectivity index (χ3n) is 1.03. The van der Waals surface area contributed by atoms with Crippen molar-refractivity contribution < 1.29 is 0 Å². The molecule has 0 aromatic heterocycles. The summed E-state index contributed by atoms with van der Waals surface area (Å²) in [6, 6.07) is 0.342. The fraction of sp³-hybridized carbons (Fsp3) is 0.750. The lowest BCUT2D eigenvalue weighted by atomic mass is 10.1. The van der Waals surface area contributed by atoms with Crippen molar-refractivity contribution in [2.45, 2.75) is 19.9 Å². The number of hydrogen-bond acceptors (Lipinski definition) is 4. The fourth-order valence-electron chi connectivity index (χ4n) is 0.526. The molecule has 1 aliphatic heterocycles. The molecule has 0 aromatic carbocycles. The van der Waals surface area contributed by atoms with E-state index in [0.29, 0.717) is 11.8 Å². The average Bonchev–Trinajstić information content (AvgIpc) is 2.14. The molecule has 0 amide bonds. The van der Waals surface area contributed by atoms with Gasteiger partial charge in [-0.25, -0.2) is 5.53 Å². The Morgan fingerprint density at radius 3 is 2.56 bits per heavy atom. The zero-order valence-corrected chi connectivity index (χ0v) is 5.55. The maximum Gasteiger partial charge on any atom is 0.171 e. The first kappa shape index (κ1) is 6.42. The highest BCUT2D eigenvalue weighted by Crippen LogP contribution is 1.92. The monoisotopic (exact) mass is 124 g/mol. The Kier molecular flexibility index (Phi) is 1.62. The highest BCUT2D eigenvalue weighted by atomic mass is 15.9. The summed E-state index contributed by atoms with van der Waals surface area (Å²) in [6.45, 7) is 4.04. The van der Waals surface area contributed by atoms with Crippen LogP contribution in [-0.4, -0.2) is 24.7 Å². The smallest absolute Gasteiger partial charge is 0.171 e. The van der Waals surface area contributed by atoms with Gasteiger partial charge in [0.1, 0.15) is 0 Å². The molecule has 0 atom stereocenters. The zero-order valence-electron chi connectivity index (χ0n) is 5.55. The molecule has 2 radical (unpaired) electrons. The van der Waals surface area contributed by atoms with Crippen LogP contribution in [0.5, 0.6) is 0 Å². The number of hydrazine groups is 2. The molecular formula is C4H9BN4. The van der Waals surface area contributed by atoms with Crippen molar-refractivity contribution in [2.24, 2.45) is 5.10 Å². The van der Waals surface area contributed by atoms with E-state index >= 15 is 0 Å². The quantitative estimate of drug-likeness (QED) is 0.447. The minimum Gasteiger partial charge on any atom is -0.296 e. The standard InChI is InChI=1S/C4H9BN4/c1-3(2)9-7-4(5)6-8-9/h3,8H,1-2H3,(H,6,7). The van der Waals surface area contributed by atoms with E-state index in [2.05, 4.69) is 16.1 Å². The van der Waals surface area contributed by atoms with Crippen molar-refractivity contribution in [3.8, 4) is 0 Å². The molecule has 0 unspecified atom stereocenters. The second-order valence-electron chi connectivity index (χ2n) is 2.17. The molecule has 9 heavy (non-hydrogen) atoms. The Morgan fingerprint density at radius 1 is 1.67 bits per heavy atom. The van der Waals surface area contributed by atoms with E-state index in [0.717, 1.165) is 0 Å². The molecule has 1 aliphatic rings. The maximum absolute atomic E-state index is 5.30. The molecule has 0 saturated heterocycles. The van der Waals surface area contributed by atoms with Gasteiger partial charge in [-0.05, 0) is 13.8 Å². The third-order valence-corrected chi connectivity index (χ3v) is 1.03. The van der Waals surface area contributed by atoms with Crippen molar-refractivity contribution in [1.29, 1.82) is 0 Å². The Balaban J connectivity index is 2.37. The number of hydrazone groups is 1. The lowest BCUT2D eigenvalue weighted by Crippen LogP contribution is -2.46. The lowest BCUT2D eigenvalue weighted by molar-refractivity contribution is 0.134. The first-order valence-electron chi connectivity index (χ1n) is 2.85.